The highest BCUT2D eigenvalue weighted by Crippen LogP contribution is 2.28. The van der Waals surface area contributed by atoms with Crippen molar-refractivity contribution < 1.29 is 9.59 Å². The number of fused-ring (bicyclic) bond motifs is 1. The summed E-state index contributed by atoms with van der Waals surface area (Å²) in [6.45, 7) is 0. The van der Waals surface area contributed by atoms with Gasteiger partial charge in [-0.05, 0) is 24.5 Å². The fourth-order valence-electron chi connectivity index (χ4n) is 1.94. The van der Waals surface area contributed by atoms with Crippen LogP contribution in [0.4, 0.5) is 5.69 Å². The maximum Gasteiger partial charge on any atom is 0.286 e. The Morgan fingerprint density at radius 1 is 1.05 bits per heavy atom. The van der Waals surface area contributed by atoms with E-state index in [1.165, 1.54) is 12.4 Å². The Morgan fingerprint density at radius 2 is 1.68 bits per heavy atom. The monoisotopic (exact) mass is 271 g/mol. The van der Waals surface area contributed by atoms with Crippen LogP contribution in [0.2, 0.25) is 0 Å². The lowest BCUT2D eigenvalue weighted by molar-refractivity contribution is 0.0923. The standard InChI is InChI=1S/C13H9N3O2S/c1-19-9-4-2-3-8(7-9)16-12(17)10-11(13(16)18)15-6-5-14-10/h2-7H,1H3. The maximum atomic E-state index is 12.2. The predicted octanol–water partition coefficient (Wildman–Crippen LogP) is 2.00. The second-order valence-corrected chi connectivity index (χ2v) is 4.78. The van der Waals surface area contributed by atoms with E-state index in [2.05, 4.69) is 9.97 Å². The fourth-order valence-corrected chi connectivity index (χ4v) is 2.39. The van der Waals surface area contributed by atoms with Crippen LogP contribution >= 0.6 is 11.8 Å². The number of anilines is 1. The van der Waals surface area contributed by atoms with Gasteiger partial charge in [-0.3, -0.25) is 9.59 Å². The summed E-state index contributed by atoms with van der Waals surface area (Å²) in [4.78, 5) is 34.4. The van der Waals surface area contributed by atoms with Gasteiger partial charge in [0, 0.05) is 17.3 Å². The molecule has 94 valence electrons. The minimum atomic E-state index is -0.425. The summed E-state index contributed by atoms with van der Waals surface area (Å²) in [7, 11) is 0. The van der Waals surface area contributed by atoms with Crippen LogP contribution in [0.5, 0.6) is 0 Å². The molecule has 5 nitrogen and oxygen atoms in total. The van der Waals surface area contributed by atoms with Gasteiger partial charge in [0.25, 0.3) is 11.8 Å². The fraction of sp³-hybridized carbons (Fsp3) is 0.0769. The topological polar surface area (TPSA) is 63.2 Å². The summed E-state index contributed by atoms with van der Waals surface area (Å²) in [5, 5.41) is 0. The SMILES string of the molecule is CSc1cccc(N2C(=O)c3nccnc3C2=O)c1. The van der Waals surface area contributed by atoms with Gasteiger partial charge in [0.1, 0.15) is 0 Å². The van der Waals surface area contributed by atoms with Crippen LogP contribution in [-0.4, -0.2) is 28.0 Å². The number of carbonyl (C=O) groups is 2. The molecule has 19 heavy (non-hydrogen) atoms. The summed E-state index contributed by atoms with van der Waals surface area (Å²) in [5.41, 5.74) is 0.769. The number of hydrogen-bond acceptors (Lipinski definition) is 5. The minimum absolute atomic E-state index is 0.113. The molecular weight excluding hydrogens is 262 g/mol. The summed E-state index contributed by atoms with van der Waals surface area (Å²) >= 11 is 1.55. The highest BCUT2D eigenvalue weighted by Gasteiger charge is 2.39. The van der Waals surface area contributed by atoms with E-state index in [0.29, 0.717) is 5.69 Å². The number of nitrogens with zero attached hydrogens (tertiary/aromatic N) is 3. The zero-order valence-electron chi connectivity index (χ0n) is 10.0. The Kier molecular flexibility index (Phi) is 2.79. The van der Waals surface area contributed by atoms with Gasteiger partial charge in [-0.2, -0.15) is 0 Å². The predicted molar refractivity (Wildman–Crippen MR) is 71.4 cm³/mol. The molecule has 0 radical (unpaired) electrons. The van der Waals surface area contributed by atoms with Crippen molar-refractivity contribution in [2.24, 2.45) is 0 Å². The summed E-state index contributed by atoms with van der Waals surface area (Å²) < 4.78 is 0. The molecule has 2 heterocycles. The van der Waals surface area contributed by atoms with E-state index in [1.807, 2.05) is 18.4 Å². The molecule has 1 aliphatic rings. The smallest absolute Gasteiger partial charge is 0.266 e. The van der Waals surface area contributed by atoms with E-state index >= 15 is 0 Å². The number of thioether (sulfide) groups is 1. The molecule has 2 aromatic rings. The molecule has 0 bridgehead atoms. The van der Waals surface area contributed by atoms with E-state index in [-0.39, 0.29) is 11.4 Å². The lowest BCUT2D eigenvalue weighted by Gasteiger charge is -2.13. The Morgan fingerprint density at radius 3 is 2.26 bits per heavy atom. The first-order valence-corrected chi connectivity index (χ1v) is 6.78. The quantitative estimate of drug-likeness (QED) is 0.617. The van der Waals surface area contributed by atoms with Gasteiger partial charge in [0.05, 0.1) is 5.69 Å². The van der Waals surface area contributed by atoms with Gasteiger partial charge in [-0.15, -0.1) is 11.8 Å². The largest absolute Gasteiger partial charge is 0.286 e. The molecule has 6 heteroatoms. The highest BCUT2D eigenvalue weighted by atomic mass is 32.2. The average molecular weight is 271 g/mol. The zero-order chi connectivity index (χ0) is 13.4. The van der Waals surface area contributed by atoms with Crippen molar-refractivity contribution in [3.8, 4) is 0 Å². The number of hydrogen-bond donors (Lipinski definition) is 0. The van der Waals surface area contributed by atoms with E-state index in [0.717, 1.165) is 9.80 Å². The van der Waals surface area contributed by atoms with E-state index in [4.69, 9.17) is 0 Å². The third-order valence-corrected chi connectivity index (χ3v) is 3.55. The number of aromatic nitrogens is 2. The van der Waals surface area contributed by atoms with Gasteiger partial charge < -0.3 is 0 Å². The average Bonchev–Trinajstić information content (AvgIpc) is 2.72. The Balaban J connectivity index is 2.08. The van der Waals surface area contributed by atoms with Gasteiger partial charge in [0.2, 0.25) is 0 Å². The van der Waals surface area contributed by atoms with E-state index in [9.17, 15) is 9.59 Å². The zero-order valence-corrected chi connectivity index (χ0v) is 10.8. The molecular formula is C13H9N3O2S. The molecule has 0 N–H and O–H groups in total. The van der Waals surface area contributed by atoms with Crippen LogP contribution in [0.1, 0.15) is 21.0 Å². The second-order valence-electron chi connectivity index (χ2n) is 3.90. The van der Waals surface area contributed by atoms with Crippen molar-refractivity contribution >= 4 is 29.3 Å². The first kappa shape index (κ1) is 11.9. The molecule has 1 aliphatic heterocycles. The van der Waals surface area contributed by atoms with Crippen LogP contribution < -0.4 is 4.90 Å². The minimum Gasteiger partial charge on any atom is -0.266 e. The van der Waals surface area contributed by atoms with Crippen molar-refractivity contribution in [2.45, 2.75) is 4.90 Å². The van der Waals surface area contributed by atoms with Gasteiger partial charge in [0.15, 0.2) is 11.4 Å². The third kappa shape index (κ3) is 1.80. The molecule has 0 spiro atoms. The van der Waals surface area contributed by atoms with Crippen molar-refractivity contribution in [1.29, 1.82) is 0 Å². The van der Waals surface area contributed by atoms with E-state index < -0.39 is 11.8 Å². The van der Waals surface area contributed by atoms with Crippen LogP contribution in [0.15, 0.2) is 41.6 Å². The van der Waals surface area contributed by atoms with Crippen molar-refractivity contribution in [1.82, 2.24) is 9.97 Å². The molecule has 3 rings (SSSR count). The number of rotatable bonds is 2. The lowest BCUT2D eigenvalue weighted by atomic mass is 10.3. The van der Waals surface area contributed by atoms with Gasteiger partial charge in [-0.25, -0.2) is 14.9 Å². The van der Waals surface area contributed by atoms with Gasteiger partial charge in [-0.1, -0.05) is 6.07 Å². The normalized spacial score (nSPS) is 13.8. The third-order valence-electron chi connectivity index (χ3n) is 2.82. The first-order valence-electron chi connectivity index (χ1n) is 5.56. The molecule has 0 unspecified atom stereocenters. The molecule has 0 atom stereocenters. The van der Waals surface area contributed by atoms with E-state index in [1.54, 1.807) is 23.9 Å². The summed E-state index contributed by atoms with van der Waals surface area (Å²) in [6.07, 6.45) is 4.75. The molecule has 1 aromatic carbocycles. The number of carbonyl (C=O) groups excluding carboxylic acids is 2. The Bertz CT molecular complexity index is 652. The molecule has 0 aliphatic carbocycles. The number of amides is 2. The Hall–Kier alpha value is -2.21. The molecule has 2 amide bonds. The van der Waals surface area contributed by atoms with Gasteiger partial charge >= 0.3 is 0 Å². The van der Waals surface area contributed by atoms with Crippen molar-refractivity contribution in [3.05, 3.63) is 48.0 Å². The number of benzene rings is 1. The van der Waals surface area contributed by atoms with Crippen molar-refractivity contribution in [2.75, 3.05) is 11.2 Å². The Labute approximate surface area is 113 Å². The molecule has 0 fully saturated rings. The summed E-state index contributed by atoms with van der Waals surface area (Å²) in [6, 6.07) is 7.25. The number of imide groups is 1. The van der Waals surface area contributed by atoms with Crippen LogP contribution in [-0.2, 0) is 0 Å². The summed E-state index contributed by atoms with van der Waals surface area (Å²) in [5.74, 6) is -0.849. The molecule has 0 saturated carbocycles. The van der Waals surface area contributed by atoms with Crippen LogP contribution in [0, 0.1) is 0 Å². The van der Waals surface area contributed by atoms with Crippen molar-refractivity contribution in [3.63, 3.8) is 0 Å². The maximum absolute atomic E-state index is 12.2. The van der Waals surface area contributed by atoms with Crippen LogP contribution in [0.25, 0.3) is 0 Å². The first-order chi connectivity index (χ1) is 9.22. The molecule has 0 saturated heterocycles. The van der Waals surface area contributed by atoms with Crippen LogP contribution in [0.3, 0.4) is 0 Å². The molecule has 1 aromatic heterocycles. The lowest BCUT2D eigenvalue weighted by Crippen LogP contribution is -2.29. The highest BCUT2D eigenvalue weighted by molar-refractivity contribution is 7.98. The second kappa shape index (κ2) is 4.47.